The van der Waals surface area contributed by atoms with Crippen molar-refractivity contribution in [3.05, 3.63) is 0 Å². The van der Waals surface area contributed by atoms with Gasteiger partial charge in [-0.1, -0.05) is 0 Å². The van der Waals surface area contributed by atoms with Gasteiger partial charge in [0.25, 0.3) is 0 Å². The second-order valence-corrected chi connectivity index (χ2v) is 3.25. The van der Waals surface area contributed by atoms with E-state index >= 15 is 0 Å². The van der Waals surface area contributed by atoms with E-state index in [1.165, 1.54) is 19.4 Å². The van der Waals surface area contributed by atoms with Crippen LogP contribution in [0.2, 0.25) is 0 Å². The fraction of sp³-hybridized carbons (Fsp3) is 0.875. The minimum absolute atomic E-state index is 0.499. The Hall–Kier alpha value is -0.570. The van der Waals surface area contributed by atoms with Gasteiger partial charge < -0.3 is 10.6 Å². The molecule has 0 amide bonds. The van der Waals surface area contributed by atoms with Gasteiger partial charge in [0, 0.05) is 19.5 Å². The largest absolute Gasteiger partial charge is 0.387 e. The van der Waals surface area contributed by atoms with Crippen molar-refractivity contribution >= 4 is 5.84 Å². The van der Waals surface area contributed by atoms with Crippen molar-refractivity contribution in [3.63, 3.8) is 0 Å². The number of amidine groups is 1. The standard InChI is InChI=1S/C8H17N3/c1-10-8(9)7-4-3-5-11(2)6-7/h7H,3-6H2,1-2H3,(H2,9,10). The summed E-state index contributed by atoms with van der Waals surface area (Å²) in [6.45, 7) is 2.27. The lowest BCUT2D eigenvalue weighted by molar-refractivity contribution is 0.246. The first-order valence-electron chi connectivity index (χ1n) is 4.14. The second kappa shape index (κ2) is 3.72. The van der Waals surface area contributed by atoms with Crippen LogP contribution in [-0.4, -0.2) is 37.9 Å². The molecule has 1 saturated heterocycles. The molecule has 11 heavy (non-hydrogen) atoms. The zero-order chi connectivity index (χ0) is 8.27. The highest BCUT2D eigenvalue weighted by molar-refractivity contribution is 5.82. The molecule has 3 heteroatoms. The van der Waals surface area contributed by atoms with Crippen molar-refractivity contribution < 1.29 is 0 Å². The number of likely N-dealkylation sites (tertiary alicyclic amines) is 1. The minimum Gasteiger partial charge on any atom is -0.387 e. The van der Waals surface area contributed by atoms with Crippen LogP contribution in [0.5, 0.6) is 0 Å². The van der Waals surface area contributed by atoms with Gasteiger partial charge >= 0.3 is 0 Å². The molecule has 64 valence electrons. The maximum absolute atomic E-state index is 5.73. The third-order valence-electron chi connectivity index (χ3n) is 2.30. The maximum atomic E-state index is 5.73. The zero-order valence-electron chi connectivity index (χ0n) is 7.38. The molecule has 0 bridgehead atoms. The number of nitrogens with two attached hydrogens (primary N) is 1. The van der Waals surface area contributed by atoms with E-state index in [1.807, 2.05) is 0 Å². The predicted octanol–water partition coefficient (Wildman–Crippen LogP) is 0.315. The fourth-order valence-corrected chi connectivity index (χ4v) is 1.59. The van der Waals surface area contributed by atoms with Crippen LogP contribution in [0, 0.1) is 5.92 Å². The van der Waals surface area contributed by atoms with Crippen LogP contribution in [-0.2, 0) is 0 Å². The van der Waals surface area contributed by atoms with E-state index in [0.29, 0.717) is 5.92 Å². The Kier molecular flexibility index (Phi) is 2.88. The molecule has 0 aliphatic carbocycles. The number of hydrogen-bond donors (Lipinski definition) is 1. The molecule has 1 unspecified atom stereocenters. The first-order chi connectivity index (χ1) is 5.24. The third-order valence-corrected chi connectivity index (χ3v) is 2.30. The van der Waals surface area contributed by atoms with Gasteiger partial charge in [-0.25, -0.2) is 0 Å². The molecule has 0 radical (unpaired) electrons. The highest BCUT2D eigenvalue weighted by Crippen LogP contribution is 2.14. The van der Waals surface area contributed by atoms with Crippen LogP contribution in [0.25, 0.3) is 0 Å². The van der Waals surface area contributed by atoms with Crippen molar-refractivity contribution in [3.8, 4) is 0 Å². The monoisotopic (exact) mass is 155 g/mol. The van der Waals surface area contributed by atoms with Crippen LogP contribution < -0.4 is 5.73 Å². The SMILES string of the molecule is CN=C(N)C1CCCN(C)C1. The Morgan fingerprint density at radius 1 is 1.64 bits per heavy atom. The molecule has 0 aromatic rings. The summed E-state index contributed by atoms with van der Waals surface area (Å²) in [7, 11) is 3.90. The van der Waals surface area contributed by atoms with E-state index in [2.05, 4.69) is 16.9 Å². The topological polar surface area (TPSA) is 41.6 Å². The molecule has 0 saturated carbocycles. The first kappa shape index (κ1) is 8.53. The smallest absolute Gasteiger partial charge is 0.0977 e. The molecule has 1 heterocycles. The van der Waals surface area contributed by atoms with Gasteiger partial charge in [0.05, 0.1) is 5.84 Å². The molecular formula is C8H17N3. The number of nitrogens with zero attached hydrogens (tertiary/aromatic N) is 2. The van der Waals surface area contributed by atoms with E-state index in [4.69, 9.17) is 5.73 Å². The van der Waals surface area contributed by atoms with Crippen LogP contribution in [0.3, 0.4) is 0 Å². The number of aliphatic imine (C=N–C) groups is 1. The van der Waals surface area contributed by atoms with Gasteiger partial charge in [-0.3, -0.25) is 4.99 Å². The third kappa shape index (κ3) is 2.19. The lowest BCUT2D eigenvalue weighted by Crippen LogP contribution is -2.39. The molecule has 0 aromatic heterocycles. The fourth-order valence-electron chi connectivity index (χ4n) is 1.59. The highest BCUT2D eigenvalue weighted by atomic mass is 15.1. The lowest BCUT2D eigenvalue weighted by Gasteiger charge is -2.28. The summed E-state index contributed by atoms with van der Waals surface area (Å²) in [5, 5.41) is 0. The summed E-state index contributed by atoms with van der Waals surface area (Å²) in [5.41, 5.74) is 5.73. The normalized spacial score (nSPS) is 28.9. The molecule has 0 aromatic carbocycles. The average molecular weight is 155 g/mol. The molecule has 1 atom stereocenters. The molecule has 3 nitrogen and oxygen atoms in total. The lowest BCUT2D eigenvalue weighted by atomic mass is 9.97. The van der Waals surface area contributed by atoms with Gasteiger partial charge in [0.15, 0.2) is 0 Å². The molecule has 1 aliphatic heterocycles. The molecular weight excluding hydrogens is 138 g/mol. The van der Waals surface area contributed by atoms with E-state index in [9.17, 15) is 0 Å². The van der Waals surface area contributed by atoms with Crippen molar-refractivity contribution in [2.75, 3.05) is 27.2 Å². The van der Waals surface area contributed by atoms with E-state index in [0.717, 1.165) is 12.4 Å². The van der Waals surface area contributed by atoms with Crippen LogP contribution >= 0.6 is 0 Å². The van der Waals surface area contributed by atoms with Gasteiger partial charge in [0.2, 0.25) is 0 Å². The molecule has 1 aliphatic rings. The molecule has 1 rings (SSSR count). The van der Waals surface area contributed by atoms with Crippen molar-refractivity contribution in [1.29, 1.82) is 0 Å². The summed E-state index contributed by atoms with van der Waals surface area (Å²) in [4.78, 5) is 6.33. The van der Waals surface area contributed by atoms with Crippen molar-refractivity contribution in [2.45, 2.75) is 12.8 Å². The summed E-state index contributed by atoms with van der Waals surface area (Å²) in [6.07, 6.45) is 2.45. The maximum Gasteiger partial charge on any atom is 0.0977 e. The van der Waals surface area contributed by atoms with Gasteiger partial charge in [-0.05, 0) is 26.4 Å². The Balaban J connectivity index is 2.46. The molecule has 1 fully saturated rings. The average Bonchev–Trinajstić information content (AvgIpc) is 2.03. The Bertz CT molecular complexity index is 153. The predicted molar refractivity (Wildman–Crippen MR) is 47.8 cm³/mol. The molecule has 2 N–H and O–H groups in total. The van der Waals surface area contributed by atoms with Crippen molar-refractivity contribution in [2.24, 2.45) is 16.6 Å². The van der Waals surface area contributed by atoms with E-state index in [-0.39, 0.29) is 0 Å². The Morgan fingerprint density at radius 2 is 2.36 bits per heavy atom. The summed E-state index contributed by atoms with van der Waals surface area (Å²) in [6, 6.07) is 0. The van der Waals surface area contributed by atoms with Gasteiger partial charge in [-0.15, -0.1) is 0 Å². The van der Waals surface area contributed by atoms with Crippen LogP contribution in [0.15, 0.2) is 4.99 Å². The number of piperidine rings is 1. The zero-order valence-corrected chi connectivity index (χ0v) is 7.38. The number of hydrogen-bond acceptors (Lipinski definition) is 2. The molecule has 0 spiro atoms. The van der Waals surface area contributed by atoms with Crippen LogP contribution in [0.4, 0.5) is 0 Å². The minimum atomic E-state index is 0.499. The van der Waals surface area contributed by atoms with Gasteiger partial charge in [0.1, 0.15) is 0 Å². The number of rotatable bonds is 1. The summed E-state index contributed by atoms with van der Waals surface area (Å²) in [5.74, 6) is 1.32. The quantitative estimate of drug-likeness (QED) is 0.437. The summed E-state index contributed by atoms with van der Waals surface area (Å²) >= 11 is 0. The summed E-state index contributed by atoms with van der Waals surface area (Å²) < 4.78 is 0. The Labute approximate surface area is 68.3 Å². The van der Waals surface area contributed by atoms with E-state index in [1.54, 1.807) is 7.05 Å². The first-order valence-corrected chi connectivity index (χ1v) is 4.14. The van der Waals surface area contributed by atoms with Crippen molar-refractivity contribution in [1.82, 2.24) is 4.90 Å². The highest BCUT2D eigenvalue weighted by Gasteiger charge is 2.19. The van der Waals surface area contributed by atoms with E-state index < -0.39 is 0 Å². The second-order valence-electron chi connectivity index (χ2n) is 3.25. The van der Waals surface area contributed by atoms with Crippen LogP contribution in [0.1, 0.15) is 12.8 Å². The Morgan fingerprint density at radius 3 is 2.91 bits per heavy atom. The van der Waals surface area contributed by atoms with Gasteiger partial charge in [-0.2, -0.15) is 0 Å².